The standard InChI is InChI=1S/C17H11BrF2N2O2/c18-12-8-21-17(22-14-5-9(19)1-2-13(14)20)11-7-16-15(6-10(11)12)23-3-4-24-16/h1-2,5-8H,3-4H2,(H,21,22). The number of fused-ring (bicyclic) bond motifs is 2. The first kappa shape index (κ1) is 15.1. The molecular formula is C17H11BrF2N2O2. The predicted octanol–water partition coefficient (Wildman–Crippen LogP) is 4.79. The zero-order chi connectivity index (χ0) is 16.7. The van der Waals surface area contributed by atoms with E-state index in [0.29, 0.717) is 35.9 Å². The maximum Gasteiger partial charge on any atom is 0.162 e. The summed E-state index contributed by atoms with van der Waals surface area (Å²) in [6.07, 6.45) is 1.60. The van der Waals surface area contributed by atoms with Crippen LogP contribution in [0, 0.1) is 11.6 Å². The topological polar surface area (TPSA) is 43.4 Å². The van der Waals surface area contributed by atoms with Gasteiger partial charge in [-0.2, -0.15) is 0 Å². The Kier molecular flexibility index (Phi) is 3.72. The number of pyridine rings is 1. The van der Waals surface area contributed by atoms with Crippen LogP contribution >= 0.6 is 15.9 Å². The highest BCUT2D eigenvalue weighted by atomic mass is 79.9. The highest BCUT2D eigenvalue weighted by molar-refractivity contribution is 9.10. The number of nitrogens with zero attached hydrogens (tertiary/aromatic N) is 1. The first-order valence-electron chi connectivity index (χ1n) is 7.22. The number of anilines is 2. The summed E-state index contributed by atoms with van der Waals surface area (Å²) in [5.74, 6) is 0.538. The Bertz CT molecular complexity index is 950. The Balaban J connectivity index is 1.86. The van der Waals surface area contributed by atoms with Crippen molar-refractivity contribution in [3.8, 4) is 11.5 Å². The van der Waals surface area contributed by atoms with Crippen molar-refractivity contribution in [2.24, 2.45) is 0 Å². The molecule has 4 rings (SSSR count). The third kappa shape index (κ3) is 2.65. The molecule has 0 amide bonds. The van der Waals surface area contributed by atoms with Gasteiger partial charge in [-0.1, -0.05) is 0 Å². The molecule has 0 saturated carbocycles. The number of ether oxygens (including phenoxy) is 2. The summed E-state index contributed by atoms with van der Waals surface area (Å²) in [4.78, 5) is 4.28. The zero-order valence-corrected chi connectivity index (χ0v) is 13.9. The third-order valence-corrected chi connectivity index (χ3v) is 4.32. The minimum Gasteiger partial charge on any atom is -0.486 e. The second kappa shape index (κ2) is 5.90. The molecule has 2 aromatic carbocycles. The van der Waals surface area contributed by atoms with Gasteiger partial charge < -0.3 is 14.8 Å². The lowest BCUT2D eigenvalue weighted by Crippen LogP contribution is -2.15. The highest BCUT2D eigenvalue weighted by Gasteiger charge is 2.17. The average Bonchev–Trinajstić information content (AvgIpc) is 2.59. The molecule has 122 valence electrons. The van der Waals surface area contributed by atoms with E-state index in [-0.39, 0.29) is 5.69 Å². The number of aromatic nitrogens is 1. The number of hydrogen-bond acceptors (Lipinski definition) is 4. The van der Waals surface area contributed by atoms with Crippen molar-refractivity contribution in [2.75, 3.05) is 18.5 Å². The van der Waals surface area contributed by atoms with Crippen LogP contribution in [0.4, 0.5) is 20.3 Å². The van der Waals surface area contributed by atoms with Crippen molar-refractivity contribution in [2.45, 2.75) is 0 Å². The van der Waals surface area contributed by atoms with E-state index in [4.69, 9.17) is 9.47 Å². The summed E-state index contributed by atoms with van der Waals surface area (Å²) in [6, 6.07) is 6.83. The fourth-order valence-electron chi connectivity index (χ4n) is 2.56. The maximum absolute atomic E-state index is 13.9. The Labute approximate surface area is 144 Å². The van der Waals surface area contributed by atoms with Gasteiger partial charge >= 0.3 is 0 Å². The van der Waals surface area contributed by atoms with E-state index in [9.17, 15) is 8.78 Å². The Morgan fingerprint density at radius 2 is 1.71 bits per heavy atom. The van der Waals surface area contributed by atoms with E-state index >= 15 is 0 Å². The minimum absolute atomic E-state index is 0.0148. The smallest absolute Gasteiger partial charge is 0.162 e. The number of nitrogens with one attached hydrogen (secondary N) is 1. The first-order chi connectivity index (χ1) is 11.6. The van der Waals surface area contributed by atoms with Gasteiger partial charge in [0.1, 0.15) is 30.7 Å². The van der Waals surface area contributed by atoms with E-state index in [1.165, 1.54) is 0 Å². The lowest BCUT2D eigenvalue weighted by Gasteiger charge is -2.20. The summed E-state index contributed by atoms with van der Waals surface area (Å²) in [7, 11) is 0. The lowest BCUT2D eigenvalue weighted by molar-refractivity contribution is 0.172. The van der Waals surface area contributed by atoms with Crippen LogP contribution in [0.1, 0.15) is 0 Å². The van der Waals surface area contributed by atoms with Gasteiger partial charge in [0.2, 0.25) is 0 Å². The second-order valence-corrected chi connectivity index (χ2v) is 6.10. The fraction of sp³-hybridized carbons (Fsp3) is 0.118. The van der Waals surface area contributed by atoms with Crippen LogP contribution in [0.25, 0.3) is 10.8 Å². The molecule has 0 saturated heterocycles. The van der Waals surface area contributed by atoms with Gasteiger partial charge in [-0.25, -0.2) is 13.8 Å². The van der Waals surface area contributed by atoms with E-state index in [0.717, 1.165) is 28.1 Å². The molecule has 0 unspecified atom stereocenters. The first-order valence-corrected chi connectivity index (χ1v) is 8.01. The van der Waals surface area contributed by atoms with Crippen molar-refractivity contribution in [3.05, 3.63) is 52.6 Å². The SMILES string of the molecule is Fc1ccc(F)c(Nc2ncc(Br)c3cc4c(cc23)OCCO4)c1. The van der Waals surface area contributed by atoms with Gasteiger partial charge in [-0.15, -0.1) is 0 Å². The number of halogens is 3. The van der Waals surface area contributed by atoms with Gasteiger partial charge in [0.05, 0.1) is 5.69 Å². The summed E-state index contributed by atoms with van der Waals surface area (Å²) in [5, 5.41) is 4.38. The maximum atomic E-state index is 13.9. The average molecular weight is 393 g/mol. The number of benzene rings is 2. The predicted molar refractivity (Wildman–Crippen MR) is 90.1 cm³/mol. The Morgan fingerprint density at radius 3 is 2.46 bits per heavy atom. The highest BCUT2D eigenvalue weighted by Crippen LogP contribution is 2.40. The van der Waals surface area contributed by atoms with E-state index in [2.05, 4.69) is 26.2 Å². The molecule has 7 heteroatoms. The lowest BCUT2D eigenvalue weighted by atomic mass is 10.1. The van der Waals surface area contributed by atoms with Gasteiger partial charge in [0, 0.05) is 27.5 Å². The number of rotatable bonds is 2. The Morgan fingerprint density at radius 1 is 1.00 bits per heavy atom. The number of hydrogen-bond donors (Lipinski definition) is 1. The molecule has 1 N–H and O–H groups in total. The monoisotopic (exact) mass is 392 g/mol. The quantitative estimate of drug-likeness (QED) is 0.680. The van der Waals surface area contributed by atoms with Crippen LogP contribution in [0.2, 0.25) is 0 Å². The van der Waals surface area contributed by atoms with Gasteiger partial charge in [-0.05, 0) is 40.2 Å². The zero-order valence-electron chi connectivity index (χ0n) is 12.3. The fourth-order valence-corrected chi connectivity index (χ4v) is 2.99. The van der Waals surface area contributed by atoms with Crippen LogP contribution in [0.3, 0.4) is 0 Å². The molecular weight excluding hydrogens is 382 g/mol. The molecule has 0 atom stereocenters. The molecule has 0 radical (unpaired) electrons. The third-order valence-electron chi connectivity index (χ3n) is 3.68. The normalized spacial score (nSPS) is 13.1. The van der Waals surface area contributed by atoms with Crippen LogP contribution in [0.15, 0.2) is 41.0 Å². The molecule has 0 aliphatic carbocycles. The molecule has 0 bridgehead atoms. The summed E-state index contributed by atoms with van der Waals surface area (Å²) in [6.45, 7) is 0.946. The van der Waals surface area contributed by atoms with Crippen molar-refractivity contribution >= 4 is 38.2 Å². The molecule has 1 aliphatic heterocycles. The summed E-state index contributed by atoms with van der Waals surface area (Å²) in [5.41, 5.74) is 0.0148. The van der Waals surface area contributed by atoms with Gasteiger partial charge in [0.25, 0.3) is 0 Å². The minimum atomic E-state index is -0.563. The van der Waals surface area contributed by atoms with Gasteiger partial charge in [0.15, 0.2) is 11.5 Å². The largest absolute Gasteiger partial charge is 0.486 e. The molecule has 1 aromatic heterocycles. The second-order valence-electron chi connectivity index (χ2n) is 5.25. The molecule has 24 heavy (non-hydrogen) atoms. The Hall–Kier alpha value is -2.41. The summed E-state index contributed by atoms with van der Waals surface area (Å²) >= 11 is 3.45. The molecule has 3 aromatic rings. The van der Waals surface area contributed by atoms with Crippen molar-refractivity contribution < 1.29 is 18.3 Å². The molecule has 2 heterocycles. The van der Waals surface area contributed by atoms with Crippen LogP contribution < -0.4 is 14.8 Å². The molecule has 0 spiro atoms. The molecule has 1 aliphatic rings. The van der Waals surface area contributed by atoms with Crippen LogP contribution in [0.5, 0.6) is 11.5 Å². The summed E-state index contributed by atoms with van der Waals surface area (Å²) < 4.78 is 39.2. The van der Waals surface area contributed by atoms with Crippen molar-refractivity contribution in [1.82, 2.24) is 4.98 Å². The van der Waals surface area contributed by atoms with Gasteiger partial charge in [-0.3, -0.25) is 0 Å². The van der Waals surface area contributed by atoms with Crippen molar-refractivity contribution in [1.29, 1.82) is 0 Å². The van der Waals surface area contributed by atoms with Crippen LogP contribution in [-0.4, -0.2) is 18.2 Å². The van der Waals surface area contributed by atoms with Crippen molar-refractivity contribution in [3.63, 3.8) is 0 Å². The van der Waals surface area contributed by atoms with Crippen LogP contribution in [-0.2, 0) is 0 Å². The molecule has 4 nitrogen and oxygen atoms in total. The van der Waals surface area contributed by atoms with E-state index < -0.39 is 11.6 Å². The van der Waals surface area contributed by atoms with E-state index in [1.54, 1.807) is 12.3 Å². The molecule has 0 fully saturated rings. The van der Waals surface area contributed by atoms with E-state index in [1.807, 2.05) is 6.07 Å².